The van der Waals surface area contributed by atoms with Gasteiger partial charge < -0.3 is 10.0 Å². The summed E-state index contributed by atoms with van der Waals surface area (Å²) >= 11 is 0. The van der Waals surface area contributed by atoms with E-state index in [1.54, 1.807) is 18.1 Å². The summed E-state index contributed by atoms with van der Waals surface area (Å²) in [6, 6.07) is 3.40. The molecule has 1 aliphatic heterocycles. The topological polar surface area (TPSA) is 71.1 Å². The number of nitrogens with zero attached hydrogens (tertiary/aromatic N) is 3. The third-order valence-corrected chi connectivity index (χ3v) is 1.87. The highest BCUT2D eigenvalue weighted by molar-refractivity contribution is 5.25. The Morgan fingerprint density at radius 1 is 1.67 bits per heavy atom. The van der Waals surface area contributed by atoms with Gasteiger partial charge in [-0.1, -0.05) is 0 Å². The lowest BCUT2D eigenvalue weighted by Crippen LogP contribution is -2.40. The van der Waals surface area contributed by atoms with Gasteiger partial charge in [0, 0.05) is 25.2 Å². The molecule has 0 saturated carbocycles. The van der Waals surface area contributed by atoms with Gasteiger partial charge in [0.05, 0.1) is 18.2 Å². The van der Waals surface area contributed by atoms with Crippen molar-refractivity contribution >= 4 is 0 Å². The summed E-state index contributed by atoms with van der Waals surface area (Å²) in [5.41, 5.74) is 0.511. The van der Waals surface area contributed by atoms with Crippen molar-refractivity contribution in [2.75, 3.05) is 7.05 Å². The number of aliphatic hydroxyl groups excluding tert-OH is 1. The average molecular weight is 163 g/mol. The smallest absolute Gasteiger partial charge is 0.142 e. The molecule has 0 aromatic carbocycles. The van der Waals surface area contributed by atoms with E-state index in [1.165, 1.54) is 0 Å². The molecule has 0 aromatic heterocycles. The molecule has 2 atom stereocenters. The van der Waals surface area contributed by atoms with Crippen LogP contribution in [-0.2, 0) is 0 Å². The van der Waals surface area contributed by atoms with Gasteiger partial charge in [-0.3, -0.25) is 0 Å². The van der Waals surface area contributed by atoms with E-state index in [0.29, 0.717) is 5.57 Å². The molecule has 4 nitrogen and oxygen atoms in total. The van der Waals surface area contributed by atoms with Gasteiger partial charge in [-0.05, 0) is 0 Å². The highest BCUT2D eigenvalue weighted by atomic mass is 16.3. The third-order valence-electron chi connectivity index (χ3n) is 1.87. The third kappa shape index (κ3) is 1.39. The molecule has 1 heterocycles. The Kier molecular flexibility index (Phi) is 2.32. The molecule has 0 bridgehead atoms. The zero-order chi connectivity index (χ0) is 9.14. The fourth-order valence-electron chi connectivity index (χ4n) is 1.24. The average Bonchev–Trinajstić information content (AvgIpc) is 2.03. The number of aliphatic hydroxyl groups is 1. The summed E-state index contributed by atoms with van der Waals surface area (Å²) in [5, 5.41) is 26.6. The lowest BCUT2D eigenvalue weighted by Gasteiger charge is -2.29. The molecular weight excluding hydrogens is 154 g/mol. The van der Waals surface area contributed by atoms with Gasteiger partial charge in [0.2, 0.25) is 0 Å². The normalized spacial score (nSPS) is 28.7. The van der Waals surface area contributed by atoms with Crippen LogP contribution < -0.4 is 0 Å². The molecule has 62 valence electrons. The minimum Gasteiger partial charge on any atom is -0.389 e. The van der Waals surface area contributed by atoms with Crippen molar-refractivity contribution in [1.82, 2.24) is 4.90 Å². The van der Waals surface area contributed by atoms with Crippen LogP contribution in [0.4, 0.5) is 0 Å². The van der Waals surface area contributed by atoms with Crippen molar-refractivity contribution in [3.8, 4) is 12.1 Å². The van der Waals surface area contributed by atoms with Gasteiger partial charge in [-0.2, -0.15) is 10.5 Å². The van der Waals surface area contributed by atoms with Gasteiger partial charge in [-0.15, -0.1) is 0 Å². The summed E-state index contributed by atoms with van der Waals surface area (Å²) in [7, 11) is 1.67. The summed E-state index contributed by atoms with van der Waals surface area (Å²) in [4.78, 5) is 1.56. The van der Waals surface area contributed by atoms with Crippen LogP contribution in [0, 0.1) is 22.7 Å². The van der Waals surface area contributed by atoms with E-state index in [9.17, 15) is 5.11 Å². The summed E-state index contributed by atoms with van der Waals surface area (Å²) in [5.74, 6) is 0. The van der Waals surface area contributed by atoms with Crippen molar-refractivity contribution in [2.45, 2.75) is 18.6 Å². The van der Waals surface area contributed by atoms with Crippen molar-refractivity contribution < 1.29 is 5.11 Å². The fourth-order valence-corrected chi connectivity index (χ4v) is 1.24. The van der Waals surface area contributed by atoms with Gasteiger partial charge in [-0.25, -0.2) is 0 Å². The van der Waals surface area contributed by atoms with E-state index >= 15 is 0 Å². The van der Waals surface area contributed by atoms with Gasteiger partial charge in [0.1, 0.15) is 6.04 Å². The molecule has 0 amide bonds. The Labute approximate surface area is 70.9 Å². The molecule has 0 unspecified atom stereocenters. The SMILES string of the molecule is CN1C=C(C#N)C[C@H](O)[C@H]1C#N. The largest absolute Gasteiger partial charge is 0.389 e. The first-order chi connectivity index (χ1) is 5.69. The Bertz CT molecular complexity index is 284. The van der Waals surface area contributed by atoms with Crippen molar-refractivity contribution in [3.05, 3.63) is 11.8 Å². The predicted molar refractivity (Wildman–Crippen MR) is 41.5 cm³/mol. The Balaban J connectivity index is 2.86. The zero-order valence-corrected chi connectivity index (χ0v) is 6.73. The number of nitriles is 2. The fraction of sp³-hybridized carbons (Fsp3) is 0.500. The second kappa shape index (κ2) is 3.25. The zero-order valence-electron chi connectivity index (χ0n) is 6.73. The predicted octanol–water partition coefficient (Wildman–Crippen LogP) is -0.0175. The first-order valence-corrected chi connectivity index (χ1v) is 3.59. The number of likely N-dealkylation sites (N-methyl/N-ethyl adjacent to an activating group) is 1. The van der Waals surface area contributed by atoms with Crippen LogP contribution in [0.5, 0.6) is 0 Å². The molecule has 0 radical (unpaired) electrons. The number of hydrogen-bond donors (Lipinski definition) is 1. The molecule has 0 aromatic rings. The minimum atomic E-state index is -0.750. The summed E-state index contributed by atoms with van der Waals surface area (Å²) in [6.07, 6.45) is 1.12. The first-order valence-electron chi connectivity index (χ1n) is 3.59. The molecule has 1 aliphatic rings. The van der Waals surface area contributed by atoms with Crippen molar-refractivity contribution in [1.29, 1.82) is 10.5 Å². The molecule has 0 fully saturated rings. The van der Waals surface area contributed by atoms with E-state index in [1.807, 2.05) is 12.1 Å². The highest BCUT2D eigenvalue weighted by Gasteiger charge is 2.27. The molecule has 1 N–H and O–H groups in total. The molecule has 1 rings (SSSR count). The standard InChI is InChI=1S/C8H9N3O/c1-11-5-6(3-9)2-8(12)7(11)4-10/h5,7-8,12H,2H2,1H3/t7-,8+/m1/s1. The summed E-state index contributed by atoms with van der Waals surface area (Å²) in [6.45, 7) is 0. The lowest BCUT2D eigenvalue weighted by molar-refractivity contribution is 0.102. The number of rotatable bonds is 0. The Morgan fingerprint density at radius 2 is 2.33 bits per heavy atom. The number of hydrogen-bond acceptors (Lipinski definition) is 4. The molecule has 0 saturated heterocycles. The second-order valence-corrected chi connectivity index (χ2v) is 2.78. The van der Waals surface area contributed by atoms with Crippen molar-refractivity contribution in [2.24, 2.45) is 0 Å². The van der Waals surface area contributed by atoms with Crippen LogP contribution in [0.2, 0.25) is 0 Å². The van der Waals surface area contributed by atoms with Crippen LogP contribution >= 0.6 is 0 Å². The van der Waals surface area contributed by atoms with Crippen LogP contribution in [0.3, 0.4) is 0 Å². The maximum absolute atomic E-state index is 9.38. The maximum atomic E-state index is 9.38. The molecule has 4 heteroatoms. The van der Waals surface area contributed by atoms with E-state index in [4.69, 9.17) is 10.5 Å². The van der Waals surface area contributed by atoms with Gasteiger partial charge in [0.25, 0.3) is 0 Å². The van der Waals surface area contributed by atoms with Gasteiger partial charge in [0.15, 0.2) is 0 Å². The first kappa shape index (κ1) is 8.58. The Hall–Kier alpha value is -1.52. The monoisotopic (exact) mass is 163 g/mol. The van der Waals surface area contributed by atoms with E-state index in [2.05, 4.69) is 0 Å². The molecule has 12 heavy (non-hydrogen) atoms. The van der Waals surface area contributed by atoms with Crippen LogP contribution in [0.15, 0.2) is 11.8 Å². The van der Waals surface area contributed by atoms with Crippen molar-refractivity contribution in [3.63, 3.8) is 0 Å². The van der Waals surface area contributed by atoms with E-state index in [0.717, 1.165) is 0 Å². The molecular formula is C8H9N3O. The lowest BCUT2D eigenvalue weighted by atomic mass is 9.99. The van der Waals surface area contributed by atoms with Crippen LogP contribution in [-0.4, -0.2) is 29.2 Å². The van der Waals surface area contributed by atoms with E-state index < -0.39 is 12.1 Å². The van der Waals surface area contributed by atoms with Crippen LogP contribution in [0.1, 0.15) is 6.42 Å². The Morgan fingerprint density at radius 3 is 2.75 bits per heavy atom. The second-order valence-electron chi connectivity index (χ2n) is 2.78. The molecule has 0 spiro atoms. The van der Waals surface area contributed by atoms with E-state index in [-0.39, 0.29) is 6.42 Å². The van der Waals surface area contributed by atoms with Gasteiger partial charge >= 0.3 is 0 Å². The molecule has 0 aliphatic carbocycles. The minimum absolute atomic E-state index is 0.277. The summed E-state index contributed by atoms with van der Waals surface area (Å²) < 4.78 is 0. The quantitative estimate of drug-likeness (QED) is 0.545. The van der Waals surface area contributed by atoms with Crippen LogP contribution in [0.25, 0.3) is 0 Å². The highest BCUT2D eigenvalue weighted by Crippen LogP contribution is 2.18. The maximum Gasteiger partial charge on any atom is 0.142 e.